The molecule has 3 rings (SSSR count). The third kappa shape index (κ3) is 2.60. The second kappa shape index (κ2) is 4.77. The Balaban J connectivity index is 1.82. The molecule has 7 heteroatoms. The molecule has 5 nitrogen and oxygen atoms in total. The average Bonchev–Trinajstić information content (AvgIpc) is 2.98. The van der Waals surface area contributed by atoms with E-state index in [1.807, 2.05) is 0 Å². The van der Waals surface area contributed by atoms with Gasteiger partial charge in [-0.2, -0.15) is 4.98 Å². The van der Waals surface area contributed by atoms with Crippen LogP contribution in [0, 0.1) is 5.82 Å². The highest BCUT2D eigenvalue weighted by Gasteiger charge is 2.12. The van der Waals surface area contributed by atoms with Gasteiger partial charge in [-0.3, -0.25) is 0 Å². The third-order valence-electron chi connectivity index (χ3n) is 2.46. The summed E-state index contributed by atoms with van der Waals surface area (Å²) in [5.74, 6) is 0.514. The monoisotopic (exact) mass is 276 g/mol. The van der Waals surface area contributed by atoms with Crippen molar-refractivity contribution in [3.63, 3.8) is 0 Å². The van der Waals surface area contributed by atoms with Crippen molar-refractivity contribution < 1.29 is 8.91 Å². The fraction of sp³-hybridized carbons (Fsp3) is 0.0833. The Kier molecular flexibility index (Phi) is 2.96. The third-order valence-corrected chi connectivity index (χ3v) is 3.13. The van der Waals surface area contributed by atoms with Gasteiger partial charge in [0.25, 0.3) is 5.89 Å². The summed E-state index contributed by atoms with van der Waals surface area (Å²) in [7, 11) is 0. The smallest absolute Gasteiger partial charge is 0.277 e. The van der Waals surface area contributed by atoms with E-state index in [0.717, 1.165) is 5.56 Å². The fourth-order valence-electron chi connectivity index (χ4n) is 1.65. The van der Waals surface area contributed by atoms with E-state index in [1.165, 1.54) is 23.5 Å². The first-order valence-corrected chi connectivity index (χ1v) is 6.37. The molecule has 1 aromatic carbocycles. The maximum atomic E-state index is 13.1. The van der Waals surface area contributed by atoms with Crippen molar-refractivity contribution in [1.82, 2.24) is 15.1 Å². The number of anilines is 1. The normalized spacial score (nSPS) is 10.8. The first kappa shape index (κ1) is 11.8. The predicted molar refractivity (Wildman–Crippen MR) is 69.0 cm³/mol. The van der Waals surface area contributed by atoms with Gasteiger partial charge in [0, 0.05) is 11.8 Å². The molecule has 0 aliphatic rings. The number of aromatic nitrogens is 3. The lowest BCUT2D eigenvalue weighted by molar-refractivity contribution is 0.423. The Labute approximate surface area is 111 Å². The van der Waals surface area contributed by atoms with Crippen LogP contribution >= 0.6 is 11.3 Å². The van der Waals surface area contributed by atoms with Crippen LogP contribution in [0.1, 0.15) is 11.4 Å². The molecule has 0 saturated heterocycles. The number of hydrogen-bond acceptors (Lipinski definition) is 6. The number of halogens is 1. The standard InChI is InChI=1S/C12H9FN4OS/c13-8-3-1-2-7(4-8)5-10-16-11(18-17-10)9-6-19-12(14)15-9/h1-4,6H,5H2,(H2,14,15). The fourth-order valence-corrected chi connectivity index (χ4v) is 2.18. The summed E-state index contributed by atoms with van der Waals surface area (Å²) in [5, 5.41) is 6.03. The van der Waals surface area contributed by atoms with Crippen LogP contribution in [0.3, 0.4) is 0 Å². The van der Waals surface area contributed by atoms with Gasteiger partial charge < -0.3 is 10.3 Å². The first-order chi connectivity index (χ1) is 9.20. The number of rotatable bonds is 3. The van der Waals surface area contributed by atoms with Crippen LogP contribution in [0.5, 0.6) is 0 Å². The number of nitrogens with zero attached hydrogens (tertiary/aromatic N) is 3. The molecule has 0 saturated carbocycles. The highest BCUT2D eigenvalue weighted by atomic mass is 32.1. The van der Waals surface area contributed by atoms with Gasteiger partial charge in [0.1, 0.15) is 11.5 Å². The molecule has 0 radical (unpaired) electrons. The Hall–Kier alpha value is -2.28. The molecule has 0 aliphatic heterocycles. The minimum atomic E-state index is -0.284. The summed E-state index contributed by atoms with van der Waals surface area (Å²) < 4.78 is 18.2. The van der Waals surface area contributed by atoms with Crippen molar-refractivity contribution in [3.8, 4) is 11.6 Å². The van der Waals surface area contributed by atoms with Crippen LogP contribution in [-0.2, 0) is 6.42 Å². The summed E-state index contributed by atoms with van der Waals surface area (Å²) in [5.41, 5.74) is 6.88. The Morgan fingerprint density at radius 1 is 1.32 bits per heavy atom. The molecule has 0 aliphatic carbocycles. The Morgan fingerprint density at radius 2 is 2.21 bits per heavy atom. The molecule has 0 unspecified atom stereocenters. The summed E-state index contributed by atoms with van der Waals surface area (Å²) in [6.07, 6.45) is 0.404. The lowest BCUT2D eigenvalue weighted by Gasteiger charge is -1.95. The van der Waals surface area contributed by atoms with E-state index in [0.29, 0.717) is 29.0 Å². The lowest BCUT2D eigenvalue weighted by Crippen LogP contribution is -1.91. The molecule has 0 spiro atoms. The molecule has 2 aromatic heterocycles. The SMILES string of the molecule is Nc1nc(-c2nc(Cc3cccc(F)c3)no2)cs1. The number of benzene rings is 1. The van der Waals surface area contributed by atoms with Crippen LogP contribution in [0.2, 0.25) is 0 Å². The summed E-state index contributed by atoms with van der Waals surface area (Å²) in [6, 6.07) is 6.28. The van der Waals surface area contributed by atoms with Gasteiger partial charge in [0.15, 0.2) is 11.0 Å². The van der Waals surface area contributed by atoms with E-state index in [1.54, 1.807) is 17.5 Å². The lowest BCUT2D eigenvalue weighted by atomic mass is 10.1. The van der Waals surface area contributed by atoms with Crippen molar-refractivity contribution in [2.45, 2.75) is 6.42 Å². The largest absolute Gasteiger partial charge is 0.375 e. The Bertz CT molecular complexity index is 709. The van der Waals surface area contributed by atoms with E-state index in [2.05, 4.69) is 15.1 Å². The van der Waals surface area contributed by atoms with Gasteiger partial charge in [-0.1, -0.05) is 17.3 Å². The predicted octanol–water partition coefficient (Wildman–Crippen LogP) is 2.51. The first-order valence-electron chi connectivity index (χ1n) is 5.49. The zero-order valence-electron chi connectivity index (χ0n) is 9.71. The van der Waals surface area contributed by atoms with Crippen LogP contribution in [0.4, 0.5) is 9.52 Å². The molecular weight excluding hydrogens is 267 g/mol. The van der Waals surface area contributed by atoms with Crippen molar-refractivity contribution >= 4 is 16.5 Å². The molecule has 0 fully saturated rings. The van der Waals surface area contributed by atoms with E-state index >= 15 is 0 Å². The summed E-state index contributed by atoms with van der Waals surface area (Å²) in [6.45, 7) is 0. The van der Waals surface area contributed by atoms with Crippen LogP contribution in [0.15, 0.2) is 34.2 Å². The van der Waals surface area contributed by atoms with Crippen molar-refractivity contribution in [2.75, 3.05) is 5.73 Å². The molecule has 2 heterocycles. The maximum absolute atomic E-state index is 13.1. The highest BCUT2D eigenvalue weighted by molar-refractivity contribution is 7.13. The summed E-state index contributed by atoms with van der Waals surface area (Å²) >= 11 is 1.30. The van der Waals surface area contributed by atoms with E-state index < -0.39 is 0 Å². The molecule has 0 bridgehead atoms. The highest BCUT2D eigenvalue weighted by Crippen LogP contribution is 2.21. The Morgan fingerprint density at radius 3 is 2.95 bits per heavy atom. The minimum Gasteiger partial charge on any atom is -0.375 e. The van der Waals surface area contributed by atoms with Gasteiger partial charge in [-0.05, 0) is 17.7 Å². The molecule has 19 heavy (non-hydrogen) atoms. The quantitative estimate of drug-likeness (QED) is 0.795. The van der Waals surface area contributed by atoms with Gasteiger partial charge in [0.05, 0.1) is 0 Å². The average molecular weight is 276 g/mol. The van der Waals surface area contributed by atoms with Crippen molar-refractivity contribution in [3.05, 3.63) is 46.9 Å². The number of nitrogen functional groups attached to an aromatic ring is 1. The van der Waals surface area contributed by atoms with E-state index in [9.17, 15) is 4.39 Å². The molecule has 0 amide bonds. The van der Waals surface area contributed by atoms with Gasteiger partial charge >= 0.3 is 0 Å². The number of thiazole rings is 1. The van der Waals surface area contributed by atoms with E-state index in [4.69, 9.17) is 10.3 Å². The minimum absolute atomic E-state index is 0.284. The second-order valence-corrected chi connectivity index (χ2v) is 4.78. The second-order valence-electron chi connectivity index (χ2n) is 3.89. The zero-order chi connectivity index (χ0) is 13.2. The van der Waals surface area contributed by atoms with Crippen molar-refractivity contribution in [1.29, 1.82) is 0 Å². The molecule has 2 N–H and O–H groups in total. The molecule has 96 valence electrons. The van der Waals surface area contributed by atoms with Crippen LogP contribution < -0.4 is 5.73 Å². The van der Waals surface area contributed by atoms with Crippen LogP contribution in [-0.4, -0.2) is 15.1 Å². The molecule has 0 atom stereocenters. The molecule has 3 aromatic rings. The van der Waals surface area contributed by atoms with E-state index in [-0.39, 0.29) is 5.82 Å². The van der Waals surface area contributed by atoms with Gasteiger partial charge in [-0.15, -0.1) is 11.3 Å². The summed E-state index contributed by atoms with van der Waals surface area (Å²) in [4.78, 5) is 8.26. The zero-order valence-corrected chi connectivity index (χ0v) is 10.5. The van der Waals surface area contributed by atoms with Gasteiger partial charge in [0.2, 0.25) is 0 Å². The van der Waals surface area contributed by atoms with Crippen molar-refractivity contribution in [2.24, 2.45) is 0 Å². The molecular formula is C12H9FN4OS. The van der Waals surface area contributed by atoms with Gasteiger partial charge in [-0.25, -0.2) is 9.37 Å². The topological polar surface area (TPSA) is 77.8 Å². The van der Waals surface area contributed by atoms with Crippen LogP contribution in [0.25, 0.3) is 11.6 Å². The maximum Gasteiger partial charge on any atom is 0.277 e. The number of nitrogens with two attached hydrogens (primary N) is 1. The number of hydrogen-bond donors (Lipinski definition) is 1.